The third-order valence-corrected chi connectivity index (χ3v) is 3.88. The zero-order valence-electron chi connectivity index (χ0n) is 11.2. The van der Waals surface area contributed by atoms with Gasteiger partial charge in [-0.2, -0.15) is 0 Å². The molecule has 0 aromatic carbocycles. The Morgan fingerprint density at radius 1 is 1.31 bits per heavy atom. The fourth-order valence-corrected chi connectivity index (χ4v) is 2.35. The second-order valence-corrected chi connectivity index (χ2v) is 5.81. The zero-order valence-corrected chi connectivity index (χ0v) is 12.0. The molecule has 0 saturated carbocycles. The van der Waals surface area contributed by atoms with E-state index < -0.39 is 0 Å². The molecule has 1 aromatic rings. The Bertz CT molecular complexity index is 331. The lowest BCUT2D eigenvalue weighted by molar-refractivity contribution is 0.591. The first-order chi connectivity index (χ1) is 7.41. The summed E-state index contributed by atoms with van der Waals surface area (Å²) >= 11 is 1.79. The van der Waals surface area contributed by atoms with Gasteiger partial charge in [-0.15, -0.1) is 11.3 Å². The van der Waals surface area contributed by atoms with Gasteiger partial charge in [0.1, 0.15) is 0 Å². The number of hydrogen-bond acceptors (Lipinski definition) is 4. The first-order valence-corrected chi connectivity index (χ1v) is 6.66. The predicted molar refractivity (Wildman–Crippen MR) is 72.4 cm³/mol. The minimum Gasteiger partial charge on any atom is -0.349 e. The summed E-state index contributed by atoms with van der Waals surface area (Å²) in [6.45, 7) is 11.7. The summed E-state index contributed by atoms with van der Waals surface area (Å²) < 4.78 is 0. The Hall–Kier alpha value is -0.610. The maximum Gasteiger partial charge on any atom is 0.185 e. The van der Waals surface area contributed by atoms with Crippen LogP contribution in [-0.2, 0) is 6.54 Å². The van der Waals surface area contributed by atoms with Crippen molar-refractivity contribution >= 4 is 16.5 Å². The minimum absolute atomic E-state index is 0.497. The van der Waals surface area contributed by atoms with Crippen LogP contribution < -0.4 is 10.2 Å². The molecule has 0 spiro atoms. The Labute approximate surface area is 103 Å². The standard InChI is InChI=1S/C12H23N3S/c1-8(2)13-7-11-10(5)14-12(16-11)15(6)9(3)4/h8-9,13H,7H2,1-6H3. The zero-order chi connectivity index (χ0) is 12.3. The van der Waals surface area contributed by atoms with Gasteiger partial charge >= 0.3 is 0 Å². The molecular weight excluding hydrogens is 218 g/mol. The predicted octanol–water partition coefficient (Wildman–Crippen LogP) is 2.79. The van der Waals surface area contributed by atoms with Gasteiger partial charge < -0.3 is 10.2 Å². The van der Waals surface area contributed by atoms with E-state index in [-0.39, 0.29) is 0 Å². The van der Waals surface area contributed by atoms with Gasteiger partial charge in [0.2, 0.25) is 0 Å². The fourth-order valence-electron chi connectivity index (χ4n) is 1.25. The summed E-state index contributed by atoms with van der Waals surface area (Å²) in [6.07, 6.45) is 0. The SMILES string of the molecule is Cc1nc(N(C)C(C)C)sc1CNC(C)C. The van der Waals surface area contributed by atoms with Crippen LogP contribution in [0.5, 0.6) is 0 Å². The van der Waals surface area contributed by atoms with E-state index >= 15 is 0 Å². The van der Waals surface area contributed by atoms with Crippen LogP contribution in [0.2, 0.25) is 0 Å². The quantitative estimate of drug-likeness (QED) is 0.859. The molecular formula is C12H23N3S. The van der Waals surface area contributed by atoms with Crippen molar-refractivity contribution in [3.05, 3.63) is 10.6 Å². The fraction of sp³-hybridized carbons (Fsp3) is 0.750. The van der Waals surface area contributed by atoms with Crippen molar-refractivity contribution in [2.45, 2.75) is 53.2 Å². The van der Waals surface area contributed by atoms with Crippen LogP contribution in [0.15, 0.2) is 0 Å². The molecule has 1 N–H and O–H groups in total. The number of anilines is 1. The van der Waals surface area contributed by atoms with Crippen molar-refractivity contribution in [1.29, 1.82) is 0 Å². The van der Waals surface area contributed by atoms with E-state index in [4.69, 9.17) is 0 Å². The van der Waals surface area contributed by atoms with Crippen LogP contribution >= 0.6 is 11.3 Å². The lowest BCUT2D eigenvalue weighted by Gasteiger charge is -2.19. The lowest BCUT2D eigenvalue weighted by Crippen LogP contribution is -2.25. The first kappa shape index (κ1) is 13.5. The summed E-state index contributed by atoms with van der Waals surface area (Å²) in [5, 5.41) is 4.55. The summed E-state index contributed by atoms with van der Waals surface area (Å²) in [4.78, 5) is 8.18. The van der Waals surface area contributed by atoms with Gasteiger partial charge in [0.05, 0.1) is 5.69 Å². The highest BCUT2D eigenvalue weighted by Gasteiger charge is 2.13. The number of thiazole rings is 1. The van der Waals surface area contributed by atoms with Crippen molar-refractivity contribution in [2.24, 2.45) is 0 Å². The average Bonchev–Trinajstić information content (AvgIpc) is 2.55. The molecule has 0 aliphatic rings. The van der Waals surface area contributed by atoms with Crippen LogP contribution in [-0.4, -0.2) is 24.1 Å². The van der Waals surface area contributed by atoms with Gasteiger partial charge in [-0.05, 0) is 20.8 Å². The van der Waals surface area contributed by atoms with E-state index in [2.05, 4.69) is 56.9 Å². The number of nitrogens with one attached hydrogen (secondary N) is 1. The van der Waals surface area contributed by atoms with Gasteiger partial charge in [0.15, 0.2) is 5.13 Å². The number of nitrogens with zero attached hydrogens (tertiary/aromatic N) is 2. The average molecular weight is 241 g/mol. The molecule has 0 bridgehead atoms. The number of hydrogen-bond donors (Lipinski definition) is 1. The van der Waals surface area contributed by atoms with Gasteiger partial charge in [0.25, 0.3) is 0 Å². The Kier molecular flexibility index (Phi) is 4.74. The molecule has 0 aliphatic carbocycles. The molecule has 0 radical (unpaired) electrons. The maximum atomic E-state index is 4.61. The highest BCUT2D eigenvalue weighted by molar-refractivity contribution is 7.15. The van der Waals surface area contributed by atoms with Crippen molar-refractivity contribution < 1.29 is 0 Å². The molecule has 0 amide bonds. The minimum atomic E-state index is 0.497. The molecule has 3 nitrogen and oxygen atoms in total. The normalized spacial score (nSPS) is 11.5. The van der Waals surface area contributed by atoms with E-state index in [1.165, 1.54) is 4.88 Å². The van der Waals surface area contributed by atoms with E-state index in [1.807, 2.05) is 0 Å². The van der Waals surface area contributed by atoms with Crippen LogP contribution in [0.3, 0.4) is 0 Å². The largest absolute Gasteiger partial charge is 0.349 e. The van der Waals surface area contributed by atoms with E-state index in [0.29, 0.717) is 12.1 Å². The molecule has 0 atom stereocenters. The topological polar surface area (TPSA) is 28.2 Å². The molecule has 1 rings (SSSR count). The second kappa shape index (κ2) is 5.64. The van der Waals surface area contributed by atoms with Gasteiger partial charge in [0, 0.05) is 30.6 Å². The van der Waals surface area contributed by atoms with Crippen LogP contribution in [0.1, 0.15) is 38.3 Å². The highest BCUT2D eigenvalue weighted by atomic mass is 32.1. The van der Waals surface area contributed by atoms with Crippen LogP contribution in [0.4, 0.5) is 5.13 Å². The van der Waals surface area contributed by atoms with E-state index in [1.54, 1.807) is 11.3 Å². The Morgan fingerprint density at radius 2 is 1.94 bits per heavy atom. The molecule has 16 heavy (non-hydrogen) atoms. The molecule has 92 valence electrons. The molecule has 0 aliphatic heterocycles. The van der Waals surface area contributed by atoms with Crippen molar-refractivity contribution in [3.8, 4) is 0 Å². The monoisotopic (exact) mass is 241 g/mol. The van der Waals surface area contributed by atoms with Crippen LogP contribution in [0.25, 0.3) is 0 Å². The summed E-state index contributed by atoms with van der Waals surface area (Å²) in [5.74, 6) is 0. The van der Waals surface area contributed by atoms with E-state index in [0.717, 1.165) is 17.4 Å². The van der Waals surface area contributed by atoms with Gasteiger partial charge in [-0.3, -0.25) is 0 Å². The van der Waals surface area contributed by atoms with Crippen molar-refractivity contribution in [2.75, 3.05) is 11.9 Å². The molecule has 0 saturated heterocycles. The summed E-state index contributed by atoms with van der Waals surface area (Å²) in [7, 11) is 2.10. The number of aryl methyl sites for hydroxylation is 1. The third-order valence-electron chi connectivity index (χ3n) is 2.63. The smallest absolute Gasteiger partial charge is 0.185 e. The number of aromatic nitrogens is 1. The molecule has 0 unspecified atom stereocenters. The van der Waals surface area contributed by atoms with Gasteiger partial charge in [-0.1, -0.05) is 13.8 Å². The Balaban J connectivity index is 2.73. The third kappa shape index (κ3) is 3.46. The lowest BCUT2D eigenvalue weighted by atomic mass is 10.3. The molecule has 4 heteroatoms. The Morgan fingerprint density at radius 3 is 2.44 bits per heavy atom. The first-order valence-electron chi connectivity index (χ1n) is 5.84. The maximum absolute atomic E-state index is 4.61. The van der Waals surface area contributed by atoms with Crippen molar-refractivity contribution in [1.82, 2.24) is 10.3 Å². The van der Waals surface area contributed by atoms with Crippen molar-refractivity contribution in [3.63, 3.8) is 0 Å². The van der Waals surface area contributed by atoms with E-state index in [9.17, 15) is 0 Å². The molecule has 1 aromatic heterocycles. The highest BCUT2D eigenvalue weighted by Crippen LogP contribution is 2.26. The summed E-state index contributed by atoms with van der Waals surface area (Å²) in [5.41, 5.74) is 1.15. The summed E-state index contributed by atoms with van der Waals surface area (Å²) in [6, 6.07) is 1.02. The van der Waals surface area contributed by atoms with Crippen LogP contribution in [0, 0.1) is 6.92 Å². The molecule has 1 heterocycles. The number of rotatable bonds is 5. The second-order valence-electron chi connectivity index (χ2n) is 4.75. The van der Waals surface area contributed by atoms with Gasteiger partial charge in [-0.25, -0.2) is 4.98 Å². The molecule has 0 fully saturated rings.